The lowest BCUT2D eigenvalue weighted by atomic mass is 10.1. The summed E-state index contributed by atoms with van der Waals surface area (Å²) >= 11 is 0. The molecular formula is C18H28N2O2. The molecule has 0 aromatic heterocycles. The molecule has 4 heteroatoms. The number of nitrogens with one attached hydrogen (secondary N) is 2. The van der Waals surface area contributed by atoms with E-state index < -0.39 is 0 Å². The van der Waals surface area contributed by atoms with Crippen molar-refractivity contribution in [1.82, 2.24) is 10.6 Å². The maximum absolute atomic E-state index is 12.1. The van der Waals surface area contributed by atoms with Crippen molar-refractivity contribution in [2.24, 2.45) is 0 Å². The summed E-state index contributed by atoms with van der Waals surface area (Å²) in [5.74, 6) is 0.705. The maximum Gasteiger partial charge on any atom is 0.251 e. The molecule has 0 bridgehead atoms. The summed E-state index contributed by atoms with van der Waals surface area (Å²) in [6.45, 7) is 4.04. The van der Waals surface area contributed by atoms with Gasteiger partial charge in [0.05, 0.1) is 6.61 Å². The Morgan fingerprint density at radius 1 is 1.18 bits per heavy atom. The summed E-state index contributed by atoms with van der Waals surface area (Å²) in [7, 11) is 0. The highest BCUT2D eigenvalue weighted by Crippen LogP contribution is 2.17. The van der Waals surface area contributed by atoms with Crippen molar-refractivity contribution >= 4 is 5.91 Å². The van der Waals surface area contributed by atoms with Gasteiger partial charge in [0, 0.05) is 24.7 Å². The van der Waals surface area contributed by atoms with Crippen molar-refractivity contribution in [2.45, 2.75) is 51.5 Å². The first kappa shape index (κ1) is 16.8. The molecule has 1 aliphatic carbocycles. The van der Waals surface area contributed by atoms with Crippen molar-refractivity contribution in [3.8, 4) is 5.75 Å². The molecule has 22 heavy (non-hydrogen) atoms. The molecule has 0 unspecified atom stereocenters. The summed E-state index contributed by atoms with van der Waals surface area (Å²) in [6, 6.07) is 7.95. The SMILES string of the molecule is CCOc1cccc(C(=O)NCCNC2CCCCCC2)c1. The fraction of sp³-hybridized carbons (Fsp3) is 0.611. The second-order valence-corrected chi connectivity index (χ2v) is 5.86. The van der Waals surface area contributed by atoms with E-state index in [4.69, 9.17) is 4.74 Å². The van der Waals surface area contributed by atoms with Gasteiger partial charge >= 0.3 is 0 Å². The Labute approximate surface area is 133 Å². The van der Waals surface area contributed by atoms with E-state index in [1.165, 1.54) is 38.5 Å². The Morgan fingerprint density at radius 3 is 2.68 bits per heavy atom. The predicted molar refractivity (Wildman–Crippen MR) is 89.4 cm³/mol. The first-order chi connectivity index (χ1) is 10.8. The van der Waals surface area contributed by atoms with E-state index in [1.807, 2.05) is 25.1 Å². The second kappa shape index (κ2) is 9.46. The van der Waals surface area contributed by atoms with Crippen LogP contribution in [0.15, 0.2) is 24.3 Å². The van der Waals surface area contributed by atoms with Crippen LogP contribution in [0.5, 0.6) is 5.75 Å². The van der Waals surface area contributed by atoms with Crippen molar-refractivity contribution in [3.63, 3.8) is 0 Å². The van der Waals surface area contributed by atoms with Gasteiger partial charge in [-0.3, -0.25) is 4.79 Å². The molecule has 0 heterocycles. The standard InChI is InChI=1S/C18H28N2O2/c1-2-22-17-11-7-8-15(14-17)18(21)20-13-12-19-16-9-5-3-4-6-10-16/h7-8,11,14,16,19H,2-6,9-10,12-13H2,1H3,(H,20,21). The fourth-order valence-corrected chi connectivity index (χ4v) is 2.93. The Balaban J connectivity index is 1.69. The van der Waals surface area contributed by atoms with Gasteiger partial charge in [-0.15, -0.1) is 0 Å². The molecule has 1 amide bonds. The molecule has 2 rings (SSSR count). The number of amides is 1. The number of rotatable bonds is 7. The van der Waals surface area contributed by atoms with Crippen LogP contribution >= 0.6 is 0 Å². The molecular weight excluding hydrogens is 276 g/mol. The van der Waals surface area contributed by atoms with Gasteiger partial charge in [-0.1, -0.05) is 31.7 Å². The van der Waals surface area contributed by atoms with Crippen LogP contribution in [0.2, 0.25) is 0 Å². The molecule has 1 aliphatic rings. The highest BCUT2D eigenvalue weighted by atomic mass is 16.5. The van der Waals surface area contributed by atoms with Gasteiger partial charge in [-0.25, -0.2) is 0 Å². The maximum atomic E-state index is 12.1. The van der Waals surface area contributed by atoms with Gasteiger partial charge in [0.25, 0.3) is 5.91 Å². The Morgan fingerprint density at radius 2 is 1.95 bits per heavy atom. The summed E-state index contributed by atoms with van der Waals surface area (Å²) in [5.41, 5.74) is 0.653. The van der Waals surface area contributed by atoms with E-state index in [2.05, 4.69) is 10.6 Å². The van der Waals surface area contributed by atoms with Crippen LogP contribution in [-0.2, 0) is 0 Å². The van der Waals surface area contributed by atoms with Gasteiger partial charge < -0.3 is 15.4 Å². The van der Waals surface area contributed by atoms with Crippen molar-refractivity contribution < 1.29 is 9.53 Å². The van der Waals surface area contributed by atoms with Crippen LogP contribution in [0.4, 0.5) is 0 Å². The number of carbonyl (C=O) groups is 1. The van der Waals surface area contributed by atoms with Crippen LogP contribution in [0, 0.1) is 0 Å². The summed E-state index contributed by atoms with van der Waals surface area (Å²) < 4.78 is 5.42. The van der Waals surface area contributed by atoms with Gasteiger partial charge in [0.2, 0.25) is 0 Å². The molecule has 122 valence electrons. The van der Waals surface area contributed by atoms with Gasteiger partial charge in [0.15, 0.2) is 0 Å². The van der Waals surface area contributed by atoms with Crippen molar-refractivity contribution in [1.29, 1.82) is 0 Å². The highest BCUT2D eigenvalue weighted by molar-refractivity contribution is 5.94. The monoisotopic (exact) mass is 304 g/mol. The predicted octanol–water partition coefficient (Wildman–Crippen LogP) is 3.13. The zero-order chi connectivity index (χ0) is 15.6. The van der Waals surface area contributed by atoms with E-state index in [-0.39, 0.29) is 5.91 Å². The lowest BCUT2D eigenvalue weighted by Crippen LogP contribution is -2.36. The summed E-state index contributed by atoms with van der Waals surface area (Å²) in [4.78, 5) is 12.1. The third kappa shape index (κ3) is 5.68. The summed E-state index contributed by atoms with van der Waals surface area (Å²) in [6.07, 6.45) is 7.92. The molecule has 0 spiro atoms. The first-order valence-corrected chi connectivity index (χ1v) is 8.54. The zero-order valence-electron chi connectivity index (χ0n) is 13.6. The normalized spacial score (nSPS) is 16.0. The third-order valence-electron chi connectivity index (χ3n) is 4.11. The molecule has 1 saturated carbocycles. The third-order valence-corrected chi connectivity index (χ3v) is 4.11. The fourth-order valence-electron chi connectivity index (χ4n) is 2.93. The number of carbonyl (C=O) groups excluding carboxylic acids is 1. The van der Waals surface area contributed by atoms with Crippen molar-refractivity contribution in [2.75, 3.05) is 19.7 Å². The minimum Gasteiger partial charge on any atom is -0.494 e. The van der Waals surface area contributed by atoms with Crippen LogP contribution in [0.3, 0.4) is 0 Å². The first-order valence-electron chi connectivity index (χ1n) is 8.54. The number of hydrogen-bond acceptors (Lipinski definition) is 3. The van der Waals surface area contributed by atoms with Crippen LogP contribution < -0.4 is 15.4 Å². The van der Waals surface area contributed by atoms with Crippen LogP contribution in [0.25, 0.3) is 0 Å². The van der Waals surface area contributed by atoms with Crippen LogP contribution in [0.1, 0.15) is 55.8 Å². The Hall–Kier alpha value is -1.55. The summed E-state index contributed by atoms with van der Waals surface area (Å²) in [5, 5.41) is 6.53. The van der Waals surface area contributed by atoms with E-state index >= 15 is 0 Å². The molecule has 0 atom stereocenters. The second-order valence-electron chi connectivity index (χ2n) is 5.86. The van der Waals surface area contributed by atoms with E-state index in [9.17, 15) is 4.79 Å². The molecule has 0 radical (unpaired) electrons. The van der Waals surface area contributed by atoms with Crippen LogP contribution in [-0.4, -0.2) is 31.6 Å². The lowest BCUT2D eigenvalue weighted by molar-refractivity contribution is 0.0953. The topological polar surface area (TPSA) is 50.4 Å². The molecule has 0 saturated heterocycles. The van der Waals surface area contributed by atoms with Gasteiger partial charge in [-0.2, -0.15) is 0 Å². The molecule has 1 fully saturated rings. The molecule has 0 aliphatic heterocycles. The number of benzene rings is 1. The van der Waals surface area contributed by atoms with E-state index in [0.29, 0.717) is 24.8 Å². The van der Waals surface area contributed by atoms with E-state index in [1.54, 1.807) is 6.07 Å². The molecule has 1 aromatic carbocycles. The molecule has 4 nitrogen and oxygen atoms in total. The number of ether oxygens (including phenoxy) is 1. The average Bonchev–Trinajstić information content (AvgIpc) is 2.81. The molecule has 2 N–H and O–H groups in total. The van der Waals surface area contributed by atoms with Crippen molar-refractivity contribution in [3.05, 3.63) is 29.8 Å². The minimum atomic E-state index is -0.0378. The Kier molecular flexibility index (Phi) is 7.23. The highest BCUT2D eigenvalue weighted by Gasteiger charge is 2.11. The average molecular weight is 304 g/mol. The minimum absolute atomic E-state index is 0.0378. The van der Waals surface area contributed by atoms with Gasteiger partial charge in [0.1, 0.15) is 5.75 Å². The smallest absolute Gasteiger partial charge is 0.251 e. The van der Waals surface area contributed by atoms with Gasteiger partial charge in [-0.05, 0) is 38.0 Å². The number of hydrogen-bond donors (Lipinski definition) is 2. The van der Waals surface area contributed by atoms with E-state index in [0.717, 1.165) is 12.3 Å². The lowest BCUT2D eigenvalue weighted by Gasteiger charge is -2.16. The molecule has 1 aromatic rings. The quantitative estimate of drug-likeness (QED) is 0.601. The zero-order valence-corrected chi connectivity index (χ0v) is 13.6. The Bertz CT molecular complexity index is 454. The largest absolute Gasteiger partial charge is 0.494 e.